The molecule has 0 saturated carbocycles. The Labute approximate surface area is 99.4 Å². The van der Waals surface area contributed by atoms with E-state index in [0.717, 1.165) is 26.1 Å². The molecule has 1 aromatic rings. The van der Waals surface area contributed by atoms with Crippen molar-refractivity contribution in [3.63, 3.8) is 0 Å². The minimum atomic E-state index is -0.314. The summed E-state index contributed by atoms with van der Waals surface area (Å²) in [5.41, 5.74) is 0.951. The van der Waals surface area contributed by atoms with Crippen LogP contribution in [-0.4, -0.2) is 25.8 Å². The van der Waals surface area contributed by atoms with Crippen molar-refractivity contribution in [2.75, 3.05) is 24.6 Å². The first-order valence-electron chi connectivity index (χ1n) is 5.82. The predicted molar refractivity (Wildman–Crippen MR) is 61.2 cm³/mol. The fourth-order valence-corrected chi connectivity index (χ4v) is 2.70. The number of halogens is 1. The molecule has 17 heavy (non-hydrogen) atoms. The summed E-state index contributed by atoms with van der Waals surface area (Å²) in [7, 11) is 0. The molecule has 0 aliphatic carbocycles. The van der Waals surface area contributed by atoms with Gasteiger partial charge in [0, 0.05) is 19.0 Å². The van der Waals surface area contributed by atoms with Gasteiger partial charge in [-0.2, -0.15) is 5.26 Å². The highest BCUT2D eigenvalue weighted by Crippen LogP contribution is 2.31. The van der Waals surface area contributed by atoms with E-state index in [1.165, 1.54) is 6.07 Å². The van der Waals surface area contributed by atoms with E-state index in [9.17, 15) is 4.39 Å². The van der Waals surface area contributed by atoms with Gasteiger partial charge in [-0.3, -0.25) is 0 Å². The second kappa shape index (κ2) is 4.01. The molecule has 4 heteroatoms. The van der Waals surface area contributed by atoms with Crippen molar-refractivity contribution < 1.29 is 9.13 Å². The highest BCUT2D eigenvalue weighted by molar-refractivity contribution is 5.51. The van der Waals surface area contributed by atoms with Crippen molar-refractivity contribution in [2.45, 2.75) is 12.5 Å². The van der Waals surface area contributed by atoms with Gasteiger partial charge in [-0.25, -0.2) is 4.39 Å². The van der Waals surface area contributed by atoms with E-state index in [-0.39, 0.29) is 11.9 Å². The summed E-state index contributed by atoms with van der Waals surface area (Å²) in [4.78, 5) is 2.03. The zero-order valence-electron chi connectivity index (χ0n) is 9.40. The van der Waals surface area contributed by atoms with Gasteiger partial charge in [0.15, 0.2) is 0 Å². The van der Waals surface area contributed by atoms with Crippen molar-refractivity contribution in [1.29, 1.82) is 5.26 Å². The smallest absolute Gasteiger partial charge is 0.147 e. The molecule has 2 aliphatic heterocycles. The van der Waals surface area contributed by atoms with Gasteiger partial charge in [-0.1, -0.05) is 0 Å². The number of rotatable bonds is 1. The van der Waals surface area contributed by atoms with Crippen LogP contribution in [-0.2, 0) is 4.74 Å². The Morgan fingerprint density at radius 2 is 2.29 bits per heavy atom. The molecular weight excluding hydrogens is 219 g/mol. The molecular formula is C13H13FN2O. The van der Waals surface area contributed by atoms with Crippen LogP contribution in [0, 0.1) is 23.1 Å². The number of fused-ring (bicyclic) bond motifs is 2. The second-order valence-electron chi connectivity index (χ2n) is 4.74. The zero-order chi connectivity index (χ0) is 11.8. The number of ether oxygens (including phenoxy) is 1. The van der Waals surface area contributed by atoms with Gasteiger partial charge < -0.3 is 9.64 Å². The van der Waals surface area contributed by atoms with Crippen LogP contribution in [0.2, 0.25) is 0 Å². The number of nitriles is 1. The van der Waals surface area contributed by atoms with Crippen molar-refractivity contribution in [3.05, 3.63) is 29.6 Å². The standard InChI is InChI=1S/C13H13FN2O/c14-12-4-9(5-15)1-2-13(12)16-6-10-3-11(7-16)17-8-10/h1-2,4,10-11H,3,6-8H2. The lowest BCUT2D eigenvalue weighted by Gasteiger charge is -2.32. The molecule has 0 radical (unpaired) electrons. The van der Waals surface area contributed by atoms with Crippen LogP contribution in [0.15, 0.2) is 18.2 Å². The molecule has 2 heterocycles. The zero-order valence-corrected chi connectivity index (χ0v) is 9.40. The molecule has 1 aromatic carbocycles. The van der Waals surface area contributed by atoms with Gasteiger partial charge in [-0.05, 0) is 24.6 Å². The molecule has 88 valence electrons. The first-order chi connectivity index (χ1) is 8.26. The van der Waals surface area contributed by atoms with Crippen LogP contribution < -0.4 is 4.90 Å². The van der Waals surface area contributed by atoms with Gasteiger partial charge in [-0.15, -0.1) is 0 Å². The summed E-state index contributed by atoms with van der Waals surface area (Å²) in [6.07, 6.45) is 1.33. The quantitative estimate of drug-likeness (QED) is 0.742. The third-order valence-electron chi connectivity index (χ3n) is 3.48. The van der Waals surface area contributed by atoms with Crippen molar-refractivity contribution in [3.8, 4) is 6.07 Å². The van der Waals surface area contributed by atoms with E-state index in [0.29, 0.717) is 17.2 Å². The van der Waals surface area contributed by atoms with Crippen LogP contribution in [0.3, 0.4) is 0 Å². The Balaban J connectivity index is 1.87. The van der Waals surface area contributed by atoms with Gasteiger partial charge in [0.05, 0.1) is 30.0 Å². The SMILES string of the molecule is N#Cc1ccc(N2CC3COC(C3)C2)c(F)c1. The number of piperidine rings is 1. The summed E-state index contributed by atoms with van der Waals surface area (Å²) in [5, 5.41) is 8.71. The molecule has 2 bridgehead atoms. The highest BCUT2D eigenvalue weighted by atomic mass is 19.1. The minimum absolute atomic E-state index is 0.240. The Morgan fingerprint density at radius 3 is 3.00 bits per heavy atom. The van der Waals surface area contributed by atoms with Crippen LogP contribution in [0.5, 0.6) is 0 Å². The average Bonchev–Trinajstić information content (AvgIpc) is 2.68. The third kappa shape index (κ3) is 1.87. The van der Waals surface area contributed by atoms with Crippen molar-refractivity contribution >= 4 is 5.69 Å². The maximum absolute atomic E-state index is 13.9. The maximum atomic E-state index is 13.9. The molecule has 0 aromatic heterocycles. The molecule has 0 spiro atoms. The van der Waals surface area contributed by atoms with E-state index in [1.54, 1.807) is 12.1 Å². The van der Waals surface area contributed by atoms with Crippen LogP contribution >= 0.6 is 0 Å². The normalized spacial score (nSPS) is 26.9. The van der Waals surface area contributed by atoms with E-state index in [1.807, 2.05) is 11.0 Å². The van der Waals surface area contributed by atoms with Crippen LogP contribution in [0.4, 0.5) is 10.1 Å². The number of anilines is 1. The fourth-order valence-electron chi connectivity index (χ4n) is 2.70. The molecule has 0 N–H and O–H groups in total. The molecule has 0 amide bonds. The molecule has 3 rings (SSSR count). The summed E-state index contributed by atoms with van der Waals surface area (Å²) < 4.78 is 19.5. The van der Waals surface area contributed by atoms with Crippen molar-refractivity contribution in [1.82, 2.24) is 0 Å². The monoisotopic (exact) mass is 232 g/mol. The lowest BCUT2D eigenvalue weighted by atomic mass is 9.99. The number of hydrogen-bond acceptors (Lipinski definition) is 3. The van der Waals surface area contributed by atoms with E-state index in [4.69, 9.17) is 10.00 Å². The molecule has 2 atom stereocenters. The topological polar surface area (TPSA) is 36.3 Å². The summed E-state index contributed by atoms with van der Waals surface area (Å²) in [6.45, 7) is 2.39. The van der Waals surface area contributed by atoms with E-state index < -0.39 is 0 Å². The van der Waals surface area contributed by atoms with Crippen LogP contribution in [0.25, 0.3) is 0 Å². The van der Waals surface area contributed by atoms with Gasteiger partial charge in [0.1, 0.15) is 5.82 Å². The van der Waals surface area contributed by atoms with E-state index in [2.05, 4.69) is 0 Å². The molecule has 2 aliphatic rings. The Hall–Kier alpha value is -1.60. The Kier molecular flexibility index (Phi) is 2.49. The second-order valence-corrected chi connectivity index (χ2v) is 4.74. The molecule has 2 saturated heterocycles. The lowest BCUT2D eigenvalue weighted by Crippen LogP contribution is -2.39. The first kappa shape index (κ1) is 10.5. The predicted octanol–water partition coefficient (Wildman–Crippen LogP) is 1.92. The summed E-state index contributed by atoms with van der Waals surface area (Å²) in [5.74, 6) is 0.203. The average molecular weight is 232 g/mol. The third-order valence-corrected chi connectivity index (χ3v) is 3.48. The molecule has 2 unspecified atom stereocenters. The highest BCUT2D eigenvalue weighted by Gasteiger charge is 2.34. The minimum Gasteiger partial charge on any atom is -0.376 e. The Morgan fingerprint density at radius 1 is 1.41 bits per heavy atom. The lowest BCUT2D eigenvalue weighted by molar-refractivity contribution is 0.119. The summed E-state index contributed by atoms with van der Waals surface area (Å²) in [6, 6.07) is 6.60. The fraction of sp³-hybridized carbons (Fsp3) is 0.462. The van der Waals surface area contributed by atoms with Crippen LogP contribution in [0.1, 0.15) is 12.0 Å². The van der Waals surface area contributed by atoms with E-state index >= 15 is 0 Å². The number of nitrogens with zero attached hydrogens (tertiary/aromatic N) is 2. The first-order valence-corrected chi connectivity index (χ1v) is 5.82. The van der Waals surface area contributed by atoms with Crippen molar-refractivity contribution in [2.24, 2.45) is 5.92 Å². The van der Waals surface area contributed by atoms with Gasteiger partial charge in [0.2, 0.25) is 0 Å². The summed E-state index contributed by atoms with van der Waals surface area (Å²) >= 11 is 0. The number of hydrogen-bond donors (Lipinski definition) is 0. The van der Waals surface area contributed by atoms with Gasteiger partial charge in [0.25, 0.3) is 0 Å². The Bertz CT molecular complexity index is 471. The van der Waals surface area contributed by atoms with Gasteiger partial charge >= 0.3 is 0 Å². The maximum Gasteiger partial charge on any atom is 0.147 e. The molecule has 2 fully saturated rings. The number of benzene rings is 1. The largest absolute Gasteiger partial charge is 0.376 e. The molecule has 3 nitrogen and oxygen atoms in total.